The number of pyridine rings is 1. The summed E-state index contributed by atoms with van der Waals surface area (Å²) in [6.45, 7) is 0.361. The third-order valence-corrected chi connectivity index (χ3v) is 3.86. The highest BCUT2D eigenvalue weighted by atomic mass is 19.3. The lowest BCUT2D eigenvalue weighted by Gasteiger charge is -2.07. The molecule has 0 spiro atoms. The van der Waals surface area contributed by atoms with E-state index in [-0.39, 0.29) is 0 Å². The van der Waals surface area contributed by atoms with Crippen LogP contribution in [0.1, 0.15) is 17.7 Å². The lowest BCUT2D eigenvalue weighted by atomic mass is 10.0. The first-order chi connectivity index (χ1) is 12.1. The number of fused-ring (bicyclic) bond motifs is 1. The maximum atomic E-state index is 13.5. The van der Waals surface area contributed by atoms with Gasteiger partial charge in [0.05, 0.1) is 23.5 Å². The van der Waals surface area contributed by atoms with E-state index in [1.807, 2.05) is 0 Å². The topological polar surface area (TPSA) is 56.7 Å². The lowest BCUT2D eigenvalue weighted by Crippen LogP contribution is -2.00. The minimum Gasteiger partial charge on any atom is -0.359 e. The van der Waals surface area contributed by atoms with Crippen molar-refractivity contribution in [3.05, 3.63) is 66.1 Å². The largest absolute Gasteiger partial charge is 0.359 e. The van der Waals surface area contributed by atoms with Crippen molar-refractivity contribution in [2.75, 3.05) is 0 Å². The SMILES string of the molecule is Fc1ccc(-c2cnc3cnn(Cc4ccno4)c3c2)cc1C(F)F. The van der Waals surface area contributed by atoms with Crippen LogP contribution in [-0.2, 0) is 6.54 Å². The summed E-state index contributed by atoms with van der Waals surface area (Å²) in [4.78, 5) is 4.29. The van der Waals surface area contributed by atoms with Gasteiger partial charge in [-0.25, -0.2) is 13.2 Å². The second-order valence-corrected chi connectivity index (χ2v) is 5.45. The van der Waals surface area contributed by atoms with E-state index in [0.717, 1.165) is 12.1 Å². The number of alkyl halides is 2. The Morgan fingerprint density at radius 1 is 1.08 bits per heavy atom. The Bertz CT molecular complexity index is 1030. The molecule has 3 heterocycles. The van der Waals surface area contributed by atoms with E-state index in [4.69, 9.17) is 4.52 Å². The van der Waals surface area contributed by atoms with Gasteiger partial charge in [-0.1, -0.05) is 11.2 Å². The molecule has 3 aromatic heterocycles. The quantitative estimate of drug-likeness (QED) is 0.556. The van der Waals surface area contributed by atoms with Gasteiger partial charge in [-0.3, -0.25) is 9.67 Å². The summed E-state index contributed by atoms with van der Waals surface area (Å²) in [5.41, 5.74) is 1.77. The molecule has 4 aromatic rings. The molecule has 25 heavy (non-hydrogen) atoms. The Hall–Kier alpha value is -3.16. The van der Waals surface area contributed by atoms with E-state index in [9.17, 15) is 13.2 Å². The second kappa shape index (κ2) is 6.04. The zero-order valence-corrected chi connectivity index (χ0v) is 12.7. The van der Waals surface area contributed by atoms with E-state index >= 15 is 0 Å². The van der Waals surface area contributed by atoms with Crippen molar-refractivity contribution in [2.45, 2.75) is 13.0 Å². The van der Waals surface area contributed by atoms with Gasteiger partial charge in [-0.05, 0) is 23.8 Å². The summed E-state index contributed by atoms with van der Waals surface area (Å²) in [5, 5.41) is 7.90. The molecule has 0 bridgehead atoms. The normalized spacial score (nSPS) is 11.5. The number of rotatable bonds is 4. The number of aromatic nitrogens is 4. The molecule has 0 fully saturated rings. The van der Waals surface area contributed by atoms with Crippen LogP contribution in [0, 0.1) is 5.82 Å². The summed E-state index contributed by atoms with van der Waals surface area (Å²) < 4.78 is 46.1. The smallest absolute Gasteiger partial charge is 0.266 e. The summed E-state index contributed by atoms with van der Waals surface area (Å²) in [5.74, 6) is -0.305. The van der Waals surface area contributed by atoms with Crippen LogP contribution < -0.4 is 0 Å². The third-order valence-electron chi connectivity index (χ3n) is 3.86. The van der Waals surface area contributed by atoms with E-state index in [0.29, 0.717) is 34.5 Å². The minimum atomic E-state index is -2.88. The predicted molar refractivity (Wildman–Crippen MR) is 83.5 cm³/mol. The maximum absolute atomic E-state index is 13.5. The number of benzene rings is 1. The van der Waals surface area contributed by atoms with Gasteiger partial charge in [0.1, 0.15) is 17.9 Å². The third kappa shape index (κ3) is 2.86. The highest BCUT2D eigenvalue weighted by Crippen LogP contribution is 2.29. The molecule has 0 aliphatic heterocycles. The van der Waals surface area contributed by atoms with E-state index < -0.39 is 17.8 Å². The second-order valence-electron chi connectivity index (χ2n) is 5.45. The molecular weight excluding hydrogens is 333 g/mol. The van der Waals surface area contributed by atoms with Gasteiger partial charge in [0.25, 0.3) is 6.43 Å². The van der Waals surface area contributed by atoms with Gasteiger partial charge in [-0.15, -0.1) is 0 Å². The summed E-state index contributed by atoms with van der Waals surface area (Å²) >= 11 is 0. The molecule has 0 N–H and O–H groups in total. The van der Waals surface area contributed by atoms with Gasteiger partial charge in [-0.2, -0.15) is 5.10 Å². The van der Waals surface area contributed by atoms with Crippen molar-refractivity contribution in [1.82, 2.24) is 19.9 Å². The fourth-order valence-electron chi connectivity index (χ4n) is 2.60. The fraction of sp³-hybridized carbons (Fsp3) is 0.118. The molecule has 0 radical (unpaired) electrons. The molecule has 0 aliphatic carbocycles. The first-order valence-electron chi connectivity index (χ1n) is 7.41. The van der Waals surface area contributed by atoms with Gasteiger partial charge < -0.3 is 4.52 Å². The van der Waals surface area contributed by atoms with Crippen LogP contribution in [0.5, 0.6) is 0 Å². The summed E-state index contributed by atoms with van der Waals surface area (Å²) in [6.07, 6.45) is 1.80. The average Bonchev–Trinajstić information content (AvgIpc) is 3.25. The van der Waals surface area contributed by atoms with E-state index in [2.05, 4.69) is 15.2 Å². The molecule has 0 unspecified atom stereocenters. The van der Waals surface area contributed by atoms with Crippen molar-refractivity contribution in [1.29, 1.82) is 0 Å². The molecule has 0 amide bonds. The fourth-order valence-corrected chi connectivity index (χ4v) is 2.60. The van der Waals surface area contributed by atoms with Crippen molar-refractivity contribution in [3.63, 3.8) is 0 Å². The molecule has 126 valence electrons. The number of hydrogen-bond donors (Lipinski definition) is 0. The summed E-state index contributed by atoms with van der Waals surface area (Å²) in [7, 11) is 0. The van der Waals surface area contributed by atoms with Crippen LogP contribution in [-0.4, -0.2) is 19.9 Å². The van der Waals surface area contributed by atoms with E-state index in [1.54, 1.807) is 29.2 Å². The predicted octanol–water partition coefficient (Wildman–Crippen LogP) is 4.21. The molecular formula is C17H11F3N4O. The van der Waals surface area contributed by atoms with Gasteiger partial charge >= 0.3 is 0 Å². The van der Waals surface area contributed by atoms with E-state index in [1.165, 1.54) is 12.3 Å². The van der Waals surface area contributed by atoms with Crippen molar-refractivity contribution < 1.29 is 17.7 Å². The highest BCUT2D eigenvalue weighted by molar-refractivity contribution is 5.80. The van der Waals surface area contributed by atoms with Crippen LogP contribution in [0.3, 0.4) is 0 Å². The van der Waals surface area contributed by atoms with Gasteiger partial charge in [0, 0.05) is 17.8 Å². The molecule has 0 saturated heterocycles. The maximum Gasteiger partial charge on any atom is 0.266 e. The standard InChI is InChI=1S/C17H11F3N4O/c18-14-2-1-10(5-13(14)17(19)20)11-6-16-15(21-7-11)8-22-24(16)9-12-3-4-23-25-12/h1-8,17H,9H2. The van der Waals surface area contributed by atoms with Crippen LogP contribution in [0.25, 0.3) is 22.2 Å². The van der Waals surface area contributed by atoms with Crippen molar-refractivity contribution >= 4 is 11.0 Å². The highest BCUT2D eigenvalue weighted by Gasteiger charge is 2.15. The van der Waals surface area contributed by atoms with Gasteiger partial charge in [0.15, 0.2) is 5.76 Å². The first kappa shape index (κ1) is 15.4. The van der Waals surface area contributed by atoms with Crippen LogP contribution >= 0.6 is 0 Å². The molecule has 4 rings (SSSR count). The Balaban J connectivity index is 1.77. The minimum absolute atomic E-state index is 0.361. The number of halogens is 3. The Kier molecular flexibility index (Phi) is 3.72. The van der Waals surface area contributed by atoms with Crippen LogP contribution in [0.2, 0.25) is 0 Å². The molecule has 0 saturated carbocycles. The molecule has 1 aromatic carbocycles. The van der Waals surface area contributed by atoms with Crippen molar-refractivity contribution in [3.8, 4) is 11.1 Å². The summed E-state index contributed by atoms with van der Waals surface area (Å²) in [6, 6.07) is 7.11. The zero-order valence-electron chi connectivity index (χ0n) is 12.7. The zero-order chi connectivity index (χ0) is 17.4. The Morgan fingerprint density at radius 3 is 2.72 bits per heavy atom. The number of nitrogens with zero attached hydrogens (tertiary/aromatic N) is 4. The lowest BCUT2D eigenvalue weighted by molar-refractivity contribution is 0.146. The van der Waals surface area contributed by atoms with Gasteiger partial charge in [0.2, 0.25) is 0 Å². The monoisotopic (exact) mass is 344 g/mol. The molecule has 5 nitrogen and oxygen atoms in total. The molecule has 0 aliphatic rings. The molecule has 8 heteroatoms. The average molecular weight is 344 g/mol. The van der Waals surface area contributed by atoms with Crippen LogP contribution in [0.4, 0.5) is 13.2 Å². The Labute approximate surface area is 139 Å². The molecule has 0 atom stereocenters. The van der Waals surface area contributed by atoms with Crippen molar-refractivity contribution in [2.24, 2.45) is 0 Å². The first-order valence-corrected chi connectivity index (χ1v) is 7.41. The van der Waals surface area contributed by atoms with Crippen LogP contribution in [0.15, 0.2) is 53.4 Å². The Morgan fingerprint density at radius 2 is 1.96 bits per heavy atom. The number of hydrogen-bond acceptors (Lipinski definition) is 4.